The molecule has 1 aromatic heterocycles. The van der Waals surface area contributed by atoms with Gasteiger partial charge in [0.15, 0.2) is 0 Å². The van der Waals surface area contributed by atoms with Gasteiger partial charge in [0.2, 0.25) is 0 Å². The van der Waals surface area contributed by atoms with E-state index in [1.165, 1.54) is 0 Å². The van der Waals surface area contributed by atoms with E-state index >= 15 is 0 Å². The van der Waals surface area contributed by atoms with Crippen molar-refractivity contribution in [3.63, 3.8) is 0 Å². The maximum absolute atomic E-state index is 12.0. The van der Waals surface area contributed by atoms with Crippen LogP contribution < -0.4 is 15.5 Å². The number of amides is 2. The van der Waals surface area contributed by atoms with Crippen LogP contribution in [0, 0.1) is 11.3 Å². The predicted molar refractivity (Wildman–Crippen MR) is 118 cm³/mol. The lowest BCUT2D eigenvalue weighted by Gasteiger charge is -2.35. The molecule has 30 heavy (non-hydrogen) atoms. The van der Waals surface area contributed by atoms with Gasteiger partial charge in [-0.15, -0.1) is 0 Å². The van der Waals surface area contributed by atoms with E-state index in [1.807, 2.05) is 36.7 Å². The van der Waals surface area contributed by atoms with Gasteiger partial charge in [0.05, 0.1) is 35.3 Å². The second-order valence-corrected chi connectivity index (χ2v) is 8.46. The van der Waals surface area contributed by atoms with Crippen LogP contribution in [0.15, 0.2) is 42.7 Å². The standard InChI is InChI=1S/C23H28N6O/c1-28(2)22(30)27-19-4-3-11-29(15-19)21-12-20(13-25-14-21)26-18-7-5-17(6-8-18)23(16-24)9-10-23/h5-8,12-14,19,26H,3-4,9-11,15H2,1-2H3,(H,27,30)/t19-/m1/s1. The number of nitrogens with one attached hydrogen (secondary N) is 2. The molecule has 0 bridgehead atoms. The monoisotopic (exact) mass is 404 g/mol. The van der Waals surface area contributed by atoms with E-state index in [-0.39, 0.29) is 17.5 Å². The molecule has 1 saturated carbocycles. The van der Waals surface area contributed by atoms with E-state index < -0.39 is 0 Å². The minimum absolute atomic E-state index is 0.0526. The molecule has 7 nitrogen and oxygen atoms in total. The van der Waals surface area contributed by atoms with Crippen molar-refractivity contribution in [3.8, 4) is 6.07 Å². The molecular formula is C23H28N6O. The van der Waals surface area contributed by atoms with Gasteiger partial charge in [-0.05, 0) is 49.4 Å². The normalized spacial score (nSPS) is 19.5. The SMILES string of the molecule is CN(C)C(=O)N[C@@H]1CCCN(c2cncc(Nc3ccc(C4(C#N)CC4)cc3)c2)C1. The van der Waals surface area contributed by atoms with Crippen molar-refractivity contribution in [3.05, 3.63) is 48.3 Å². The Morgan fingerprint density at radius 3 is 2.67 bits per heavy atom. The lowest BCUT2D eigenvalue weighted by atomic mass is 9.98. The van der Waals surface area contributed by atoms with E-state index in [1.54, 1.807) is 19.0 Å². The molecule has 1 aliphatic heterocycles. The number of benzene rings is 1. The average molecular weight is 405 g/mol. The Kier molecular flexibility index (Phi) is 5.49. The van der Waals surface area contributed by atoms with Crippen LogP contribution in [0.25, 0.3) is 0 Å². The lowest BCUT2D eigenvalue weighted by molar-refractivity contribution is 0.211. The summed E-state index contributed by atoms with van der Waals surface area (Å²) in [4.78, 5) is 20.2. The molecule has 2 amide bonds. The first-order chi connectivity index (χ1) is 14.5. The number of carbonyl (C=O) groups excluding carboxylic acids is 1. The quantitative estimate of drug-likeness (QED) is 0.795. The van der Waals surface area contributed by atoms with Gasteiger partial charge < -0.3 is 20.4 Å². The van der Waals surface area contributed by atoms with E-state index in [2.05, 4.69) is 32.7 Å². The molecule has 1 aliphatic carbocycles. The fourth-order valence-electron chi connectivity index (χ4n) is 3.93. The number of nitrogens with zero attached hydrogens (tertiary/aromatic N) is 4. The van der Waals surface area contributed by atoms with E-state index in [9.17, 15) is 10.1 Å². The molecule has 2 aliphatic rings. The van der Waals surface area contributed by atoms with Crippen molar-refractivity contribution in [1.82, 2.24) is 15.2 Å². The summed E-state index contributed by atoms with van der Waals surface area (Å²) >= 11 is 0. The number of pyridine rings is 1. The Hall–Kier alpha value is -3.27. The van der Waals surface area contributed by atoms with Gasteiger partial charge in [-0.25, -0.2) is 4.79 Å². The second kappa shape index (κ2) is 8.23. The summed E-state index contributed by atoms with van der Waals surface area (Å²) < 4.78 is 0. The molecule has 156 valence electrons. The second-order valence-electron chi connectivity index (χ2n) is 8.46. The molecule has 1 aromatic carbocycles. The van der Waals surface area contributed by atoms with Gasteiger partial charge in [-0.2, -0.15) is 5.26 Å². The van der Waals surface area contributed by atoms with Crippen LogP contribution in [-0.2, 0) is 5.41 Å². The van der Waals surface area contributed by atoms with Crippen molar-refractivity contribution in [2.45, 2.75) is 37.1 Å². The summed E-state index contributed by atoms with van der Waals surface area (Å²) in [5.41, 5.74) is 3.78. The van der Waals surface area contributed by atoms with Crippen LogP contribution in [-0.4, -0.2) is 49.1 Å². The summed E-state index contributed by atoms with van der Waals surface area (Å²) in [5.74, 6) is 0. The number of hydrogen-bond acceptors (Lipinski definition) is 5. The van der Waals surface area contributed by atoms with Crippen molar-refractivity contribution >= 4 is 23.1 Å². The van der Waals surface area contributed by atoms with Crippen LogP contribution in [0.1, 0.15) is 31.2 Å². The number of urea groups is 1. The van der Waals surface area contributed by atoms with Crippen LogP contribution >= 0.6 is 0 Å². The van der Waals surface area contributed by atoms with E-state index in [0.29, 0.717) is 0 Å². The van der Waals surface area contributed by atoms with Crippen LogP contribution in [0.5, 0.6) is 0 Å². The minimum atomic E-state index is -0.257. The molecule has 0 unspecified atom stereocenters. The molecule has 2 aromatic rings. The topological polar surface area (TPSA) is 84.3 Å². The highest BCUT2D eigenvalue weighted by molar-refractivity contribution is 5.74. The summed E-state index contributed by atoms with van der Waals surface area (Å²) in [7, 11) is 3.51. The third-order valence-corrected chi connectivity index (χ3v) is 5.93. The van der Waals surface area contributed by atoms with Crippen LogP contribution in [0.3, 0.4) is 0 Å². The third kappa shape index (κ3) is 4.33. The van der Waals surface area contributed by atoms with Gasteiger partial charge in [-0.1, -0.05) is 12.1 Å². The molecule has 1 atom stereocenters. The molecule has 0 spiro atoms. The van der Waals surface area contributed by atoms with Crippen molar-refractivity contribution < 1.29 is 4.79 Å². The van der Waals surface area contributed by atoms with Gasteiger partial charge in [0.25, 0.3) is 0 Å². The summed E-state index contributed by atoms with van der Waals surface area (Å²) in [6.45, 7) is 1.72. The molecular weight excluding hydrogens is 376 g/mol. The van der Waals surface area contributed by atoms with E-state index in [4.69, 9.17) is 0 Å². The van der Waals surface area contributed by atoms with Crippen molar-refractivity contribution in [1.29, 1.82) is 5.26 Å². The average Bonchev–Trinajstić information content (AvgIpc) is 3.56. The van der Waals surface area contributed by atoms with E-state index in [0.717, 1.165) is 61.4 Å². The Bertz CT molecular complexity index is 945. The minimum Gasteiger partial charge on any atom is -0.368 e. The van der Waals surface area contributed by atoms with Crippen LogP contribution in [0.4, 0.5) is 21.9 Å². The molecule has 7 heteroatoms. The maximum Gasteiger partial charge on any atom is 0.317 e. The number of hydrogen-bond donors (Lipinski definition) is 2. The number of piperidine rings is 1. The molecule has 2 fully saturated rings. The van der Waals surface area contributed by atoms with Gasteiger partial charge in [0, 0.05) is 38.9 Å². The molecule has 4 rings (SSSR count). The highest BCUT2D eigenvalue weighted by Gasteiger charge is 2.44. The first kappa shape index (κ1) is 20.0. The zero-order valence-electron chi connectivity index (χ0n) is 17.6. The highest BCUT2D eigenvalue weighted by atomic mass is 16.2. The number of aromatic nitrogens is 1. The number of nitriles is 1. The summed E-state index contributed by atoms with van der Waals surface area (Å²) in [5, 5.41) is 15.9. The summed E-state index contributed by atoms with van der Waals surface area (Å²) in [6.07, 6.45) is 7.59. The molecule has 2 heterocycles. The number of anilines is 3. The molecule has 0 radical (unpaired) electrons. The maximum atomic E-state index is 12.0. The van der Waals surface area contributed by atoms with Crippen molar-refractivity contribution in [2.24, 2.45) is 0 Å². The zero-order valence-corrected chi connectivity index (χ0v) is 17.6. The predicted octanol–water partition coefficient (Wildman–Crippen LogP) is 3.62. The Morgan fingerprint density at radius 1 is 1.23 bits per heavy atom. The Balaban J connectivity index is 1.41. The van der Waals surface area contributed by atoms with Crippen molar-refractivity contribution in [2.75, 3.05) is 37.4 Å². The fourth-order valence-corrected chi connectivity index (χ4v) is 3.93. The third-order valence-electron chi connectivity index (χ3n) is 5.93. The number of rotatable bonds is 5. The first-order valence-electron chi connectivity index (χ1n) is 10.5. The Morgan fingerprint density at radius 2 is 2.00 bits per heavy atom. The van der Waals surface area contributed by atoms with Gasteiger partial charge in [-0.3, -0.25) is 4.98 Å². The fraction of sp³-hybridized carbons (Fsp3) is 0.435. The Labute approximate surface area is 177 Å². The summed E-state index contributed by atoms with van der Waals surface area (Å²) in [6, 6.07) is 12.7. The van der Waals surface area contributed by atoms with Gasteiger partial charge >= 0.3 is 6.03 Å². The van der Waals surface area contributed by atoms with Gasteiger partial charge in [0.1, 0.15) is 0 Å². The zero-order chi connectivity index (χ0) is 21.1. The van der Waals surface area contributed by atoms with Crippen LogP contribution in [0.2, 0.25) is 0 Å². The smallest absolute Gasteiger partial charge is 0.317 e. The molecule has 2 N–H and O–H groups in total. The largest absolute Gasteiger partial charge is 0.368 e. The number of carbonyl (C=O) groups is 1. The molecule has 1 saturated heterocycles. The highest BCUT2D eigenvalue weighted by Crippen LogP contribution is 2.47. The first-order valence-corrected chi connectivity index (χ1v) is 10.5. The lowest BCUT2D eigenvalue weighted by Crippen LogP contribution is -2.50.